The van der Waals surface area contributed by atoms with Crippen LogP contribution in [0, 0.1) is 0 Å². The molecular formula is C11H21N3O. The van der Waals surface area contributed by atoms with Gasteiger partial charge in [-0.15, -0.1) is 0 Å². The second kappa shape index (κ2) is 7.43. The molecule has 0 saturated carbocycles. The number of aliphatic hydroxyl groups excluding tert-OH is 1. The van der Waals surface area contributed by atoms with Gasteiger partial charge in [-0.2, -0.15) is 0 Å². The van der Waals surface area contributed by atoms with Crippen LogP contribution in [0.4, 0.5) is 0 Å². The van der Waals surface area contributed by atoms with Crippen LogP contribution in [-0.4, -0.2) is 27.8 Å². The molecule has 2 N–H and O–H groups in total. The first-order valence-electron chi connectivity index (χ1n) is 5.62. The molecule has 0 aliphatic carbocycles. The Bertz CT molecular complexity index is 260. The second-order valence-corrected chi connectivity index (χ2v) is 3.77. The normalized spacial score (nSPS) is 10.8. The third kappa shape index (κ3) is 4.95. The molecule has 0 saturated heterocycles. The summed E-state index contributed by atoms with van der Waals surface area (Å²) in [6.45, 7) is 2.18. The van der Waals surface area contributed by atoms with Gasteiger partial charge in [0.15, 0.2) is 0 Å². The zero-order valence-corrected chi connectivity index (χ0v) is 9.45. The van der Waals surface area contributed by atoms with Crippen molar-refractivity contribution < 1.29 is 5.11 Å². The molecule has 1 rings (SSSR count). The van der Waals surface area contributed by atoms with E-state index in [1.807, 2.05) is 24.0 Å². The van der Waals surface area contributed by atoms with Crippen molar-refractivity contribution in [2.75, 3.05) is 13.2 Å². The summed E-state index contributed by atoms with van der Waals surface area (Å²) in [5.41, 5.74) is 0. The molecule has 0 unspecified atom stereocenters. The number of aliphatic hydroxyl groups is 1. The molecule has 0 bridgehead atoms. The second-order valence-electron chi connectivity index (χ2n) is 3.77. The van der Waals surface area contributed by atoms with Gasteiger partial charge in [-0.1, -0.05) is 12.8 Å². The summed E-state index contributed by atoms with van der Waals surface area (Å²) in [7, 11) is 2.01. The van der Waals surface area contributed by atoms with Crippen molar-refractivity contribution >= 4 is 0 Å². The summed E-state index contributed by atoms with van der Waals surface area (Å²) < 4.78 is 2.03. The number of aryl methyl sites for hydroxylation is 1. The maximum absolute atomic E-state index is 8.60. The maximum Gasteiger partial charge on any atom is 0.122 e. The molecule has 4 nitrogen and oxygen atoms in total. The molecule has 1 heterocycles. The molecule has 4 heteroatoms. The van der Waals surface area contributed by atoms with Crippen LogP contribution in [0.2, 0.25) is 0 Å². The molecule has 0 atom stereocenters. The van der Waals surface area contributed by atoms with E-state index >= 15 is 0 Å². The van der Waals surface area contributed by atoms with Crippen LogP contribution in [0.5, 0.6) is 0 Å². The van der Waals surface area contributed by atoms with Gasteiger partial charge < -0.3 is 15.0 Å². The lowest BCUT2D eigenvalue weighted by Gasteiger charge is -2.04. The Kier molecular flexibility index (Phi) is 6.04. The van der Waals surface area contributed by atoms with E-state index in [-0.39, 0.29) is 0 Å². The molecule has 0 fully saturated rings. The number of imidazole rings is 1. The zero-order valence-electron chi connectivity index (χ0n) is 9.45. The van der Waals surface area contributed by atoms with E-state index in [2.05, 4.69) is 10.3 Å². The minimum Gasteiger partial charge on any atom is -0.396 e. The Labute approximate surface area is 91.3 Å². The highest BCUT2D eigenvalue weighted by Gasteiger charge is 1.97. The Morgan fingerprint density at radius 2 is 2.13 bits per heavy atom. The van der Waals surface area contributed by atoms with Crippen LogP contribution < -0.4 is 5.32 Å². The molecule has 0 amide bonds. The Morgan fingerprint density at radius 3 is 2.80 bits per heavy atom. The van der Waals surface area contributed by atoms with E-state index in [9.17, 15) is 0 Å². The highest BCUT2D eigenvalue weighted by molar-refractivity contribution is 4.90. The molecule has 15 heavy (non-hydrogen) atoms. The first-order chi connectivity index (χ1) is 7.34. The SMILES string of the molecule is Cn1ccnc1CNCCCCCCO. The molecule has 86 valence electrons. The van der Waals surface area contributed by atoms with Crippen molar-refractivity contribution in [3.63, 3.8) is 0 Å². The average molecular weight is 211 g/mol. The highest BCUT2D eigenvalue weighted by Crippen LogP contribution is 1.98. The zero-order chi connectivity index (χ0) is 10.9. The summed E-state index contributed by atoms with van der Waals surface area (Å²) in [5.74, 6) is 1.07. The fourth-order valence-electron chi connectivity index (χ4n) is 1.48. The lowest BCUT2D eigenvalue weighted by atomic mass is 10.2. The number of hydrogen-bond acceptors (Lipinski definition) is 3. The number of nitrogens with one attached hydrogen (secondary N) is 1. The first-order valence-corrected chi connectivity index (χ1v) is 5.62. The molecular weight excluding hydrogens is 190 g/mol. The monoisotopic (exact) mass is 211 g/mol. The summed E-state index contributed by atoms with van der Waals surface area (Å²) in [6.07, 6.45) is 8.19. The molecule has 0 spiro atoms. The molecule has 0 aromatic carbocycles. The van der Waals surface area contributed by atoms with Crippen LogP contribution in [0.3, 0.4) is 0 Å². The van der Waals surface area contributed by atoms with E-state index < -0.39 is 0 Å². The van der Waals surface area contributed by atoms with Crippen molar-refractivity contribution in [2.45, 2.75) is 32.2 Å². The predicted octanol–water partition coefficient (Wildman–Crippen LogP) is 1.06. The smallest absolute Gasteiger partial charge is 0.122 e. The van der Waals surface area contributed by atoms with Crippen LogP contribution in [0.25, 0.3) is 0 Å². The molecule has 0 aliphatic heterocycles. The van der Waals surface area contributed by atoms with Crippen molar-refractivity contribution in [1.82, 2.24) is 14.9 Å². The van der Waals surface area contributed by atoms with Crippen molar-refractivity contribution in [1.29, 1.82) is 0 Å². The van der Waals surface area contributed by atoms with Gasteiger partial charge in [-0.05, 0) is 19.4 Å². The fourth-order valence-corrected chi connectivity index (χ4v) is 1.48. The van der Waals surface area contributed by atoms with Gasteiger partial charge in [0.25, 0.3) is 0 Å². The average Bonchev–Trinajstić information content (AvgIpc) is 2.63. The standard InChI is InChI=1S/C11H21N3O/c1-14-8-7-13-11(14)10-12-6-4-2-3-5-9-15/h7-8,12,15H,2-6,9-10H2,1H3. The van der Waals surface area contributed by atoms with Gasteiger partial charge >= 0.3 is 0 Å². The van der Waals surface area contributed by atoms with E-state index in [0.717, 1.165) is 31.8 Å². The lowest BCUT2D eigenvalue weighted by molar-refractivity contribution is 0.282. The molecule has 1 aromatic heterocycles. The Hall–Kier alpha value is -0.870. The van der Waals surface area contributed by atoms with Crippen LogP contribution in [0.1, 0.15) is 31.5 Å². The van der Waals surface area contributed by atoms with E-state index in [1.54, 1.807) is 0 Å². The predicted molar refractivity (Wildman–Crippen MR) is 60.5 cm³/mol. The summed E-state index contributed by atoms with van der Waals surface area (Å²) >= 11 is 0. The lowest BCUT2D eigenvalue weighted by Crippen LogP contribution is -2.17. The van der Waals surface area contributed by atoms with Crippen molar-refractivity contribution in [3.8, 4) is 0 Å². The molecule has 1 aromatic rings. The van der Waals surface area contributed by atoms with Crippen LogP contribution >= 0.6 is 0 Å². The summed E-state index contributed by atoms with van der Waals surface area (Å²) in [4.78, 5) is 4.23. The Balaban J connectivity index is 1.96. The fraction of sp³-hybridized carbons (Fsp3) is 0.727. The van der Waals surface area contributed by atoms with Gasteiger partial charge in [0.1, 0.15) is 5.82 Å². The Morgan fingerprint density at radius 1 is 1.33 bits per heavy atom. The van der Waals surface area contributed by atoms with Gasteiger partial charge in [0.2, 0.25) is 0 Å². The number of nitrogens with zero attached hydrogens (tertiary/aromatic N) is 2. The van der Waals surface area contributed by atoms with Crippen LogP contribution in [0.15, 0.2) is 12.4 Å². The van der Waals surface area contributed by atoms with Gasteiger partial charge in [0.05, 0.1) is 6.54 Å². The maximum atomic E-state index is 8.60. The van der Waals surface area contributed by atoms with Gasteiger partial charge in [-0.25, -0.2) is 4.98 Å². The minimum atomic E-state index is 0.320. The third-order valence-corrected chi connectivity index (χ3v) is 2.47. The molecule has 0 aliphatic rings. The summed E-state index contributed by atoms with van der Waals surface area (Å²) in [5, 5.41) is 12.0. The third-order valence-electron chi connectivity index (χ3n) is 2.47. The number of rotatable bonds is 8. The highest BCUT2D eigenvalue weighted by atomic mass is 16.2. The van der Waals surface area contributed by atoms with Gasteiger partial charge in [-0.3, -0.25) is 0 Å². The quantitative estimate of drug-likeness (QED) is 0.632. The van der Waals surface area contributed by atoms with E-state index in [1.165, 1.54) is 12.8 Å². The minimum absolute atomic E-state index is 0.320. The first kappa shape index (κ1) is 12.2. The topological polar surface area (TPSA) is 50.1 Å². The van der Waals surface area contributed by atoms with E-state index in [4.69, 9.17) is 5.11 Å². The van der Waals surface area contributed by atoms with Crippen molar-refractivity contribution in [2.24, 2.45) is 7.05 Å². The number of hydrogen-bond donors (Lipinski definition) is 2. The van der Waals surface area contributed by atoms with Crippen LogP contribution in [-0.2, 0) is 13.6 Å². The van der Waals surface area contributed by atoms with Crippen molar-refractivity contribution in [3.05, 3.63) is 18.2 Å². The number of unbranched alkanes of at least 4 members (excludes halogenated alkanes) is 3. The molecule has 0 radical (unpaired) electrons. The summed E-state index contributed by atoms with van der Waals surface area (Å²) in [6, 6.07) is 0. The number of aromatic nitrogens is 2. The largest absolute Gasteiger partial charge is 0.396 e. The van der Waals surface area contributed by atoms with E-state index in [0.29, 0.717) is 6.61 Å². The van der Waals surface area contributed by atoms with Gasteiger partial charge in [0, 0.05) is 26.0 Å².